The fourth-order valence-electron chi connectivity index (χ4n) is 3.16. The lowest BCUT2D eigenvalue weighted by atomic mass is 9.94. The molecule has 1 fully saturated rings. The first-order chi connectivity index (χ1) is 12.5. The summed E-state index contributed by atoms with van der Waals surface area (Å²) in [6, 6.07) is 6.92. The van der Waals surface area contributed by atoms with E-state index in [0.29, 0.717) is 5.13 Å². The van der Waals surface area contributed by atoms with Crippen molar-refractivity contribution in [1.82, 2.24) is 10.2 Å². The lowest BCUT2D eigenvalue weighted by Gasteiger charge is -2.24. The molecule has 2 aliphatic rings. The van der Waals surface area contributed by atoms with Gasteiger partial charge in [0.05, 0.1) is 11.6 Å². The summed E-state index contributed by atoms with van der Waals surface area (Å²) in [6.45, 7) is 0. The van der Waals surface area contributed by atoms with Crippen LogP contribution < -0.4 is 9.80 Å². The van der Waals surface area contributed by atoms with Crippen LogP contribution in [0.25, 0.3) is 0 Å². The summed E-state index contributed by atoms with van der Waals surface area (Å²) in [5.41, 5.74) is 3.45. The van der Waals surface area contributed by atoms with E-state index >= 15 is 0 Å². The number of Topliss-reactive ketones (excluding diaryl/α,β-unsaturated/α-hetero) is 1. The van der Waals surface area contributed by atoms with Crippen molar-refractivity contribution in [2.75, 3.05) is 23.9 Å². The Balaban J connectivity index is 1.81. The van der Waals surface area contributed by atoms with Crippen molar-refractivity contribution in [3.63, 3.8) is 0 Å². The highest BCUT2D eigenvalue weighted by Crippen LogP contribution is 2.45. The minimum Gasteiger partial charge on any atom is -0.503 e. The Labute approximate surface area is 154 Å². The van der Waals surface area contributed by atoms with E-state index in [1.165, 1.54) is 21.7 Å². The van der Waals surface area contributed by atoms with Gasteiger partial charge in [0.1, 0.15) is 5.51 Å². The van der Waals surface area contributed by atoms with E-state index < -0.39 is 17.7 Å². The summed E-state index contributed by atoms with van der Waals surface area (Å²) in [7, 11) is 3.88. The van der Waals surface area contributed by atoms with Gasteiger partial charge in [-0.1, -0.05) is 23.5 Å². The standard InChI is InChI=1S/C18H18N4O3S/c1-21(2)12-7-5-10(6-8-12)14-13(15(23)11-3-4-11)16(24)17(25)22(14)18-20-19-9-26-18/h5-9,11,14,24H,3-4H2,1-2H3. The first-order valence-corrected chi connectivity index (χ1v) is 9.21. The molecule has 7 nitrogen and oxygen atoms in total. The molecular weight excluding hydrogens is 352 g/mol. The van der Waals surface area contributed by atoms with Crippen LogP contribution in [0.1, 0.15) is 24.4 Å². The summed E-state index contributed by atoms with van der Waals surface area (Å²) < 4.78 is 0. The van der Waals surface area contributed by atoms with Crippen molar-refractivity contribution in [2.45, 2.75) is 18.9 Å². The van der Waals surface area contributed by atoms with Crippen LogP contribution in [0, 0.1) is 5.92 Å². The van der Waals surface area contributed by atoms with Crippen LogP contribution in [0.15, 0.2) is 41.1 Å². The Morgan fingerprint density at radius 2 is 1.96 bits per heavy atom. The smallest absolute Gasteiger partial charge is 0.296 e. The van der Waals surface area contributed by atoms with Gasteiger partial charge in [-0.2, -0.15) is 0 Å². The Morgan fingerprint density at radius 1 is 1.27 bits per heavy atom. The van der Waals surface area contributed by atoms with E-state index in [4.69, 9.17) is 0 Å². The number of aliphatic hydroxyl groups excluding tert-OH is 1. The van der Waals surface area contributed by atoms with Crippen molar-refractivity contribution >= 4 is 33.8 Å². The van der Waals surface area contributed by atoms with Crippen molar-refractivity contribution < 1.29 is 14.7 Å². The zero-order valence-electron chi connectivity index (χ0n) is 14.4. The van der Waals surface area contributed by atoms with Crippen LogP contribution in [0.3, 0.4) is 0 Å². The Morgan fingerprint density at radius 3 is 2.50 bits per heavy atom. The normalized spacial score (nSPS) is 20.0. The van der Waals surface area contributed by atoms with Crippen molar-refractivity contribution in [1.29, 1.82) is 0 Å². The molecule has 0 saturated heterocycles. The third-order valence-corrected chi connectivity index (χ3v) is 5.39. The summed E-state index contributed by atoms with van der Waals surface area (Å²) in [5.74, 6) is -1.33. The highest BCUT2D eigenvalue weighted by atomic mass is 32.1. The van der Waals surface area contributed by atoms with Gasteiger partial charge < -0.3 is 10.0 Å². The van der Waals surface area contributed by atoms with E-state index in [2.05, 4.69) is 10.2 Å². The fourth-order valence-corrected chi connectivity index (χ4v) is 3.75. The van der Waals surface area contributed by atoms with Crippen molar-refractivity contribution in [2.24, 2.45) is 5.92 Å². The molecule has 1 atom stereocenters. The topological polar surface area (TPSA) is 86.6 Å². The first-order valence-electron chi connectivity index (χ1n) is 8.33. The number of hydrogen-bond acceptors (Lipinski definition) is 7. The monoisotopic (exact) mass is 370 g/mol. The molecule has 2 heterocycles. The molecule has 2 aromatic rings. The molecule has 1 aromatic heterocycles. The quantitative estimate of drug-likeness (QED) is 0.870. The molecule has 1 aliphatic heterocycles. The lowest BCUT2D eigenvalue weighted by Crippen LogP contribution is -2.31. The molecule has 1 aliphatic carbocycles. The van der Waals surface area contributed by atoms with Gasteiger partial charge in [-0.3, -0.25) is 14.5 Å². The van der Waals surface area contributed by atoms with E-state index in [1.807, 2.05) is 43.3 Å². The maximum absolute atomic E-state index is 12.8. The van der Waals surface area contributed by atoms with Gasteiger partial charge in [-0.15, -0.1) is 10.2 Å². The highest BCUT2D eigenvalue weighted by Gasteiger charge is 2.48. The van der Waals surface area contributed by atoms with Gasteiger partial charge in [0, 0.05) is 25.7 Å². The molecule has 134 valence electrons. The number of carbonyl (C=O) groups is 2. The number of ketones is 1. The molecule has 1 unspecified atom stereocenters. The van der Waals surface area contributed by atoms with E-state index in [0.717, 1.165) is 24.1 Å². The highest BCUT2D eigenvalue weighted by molar-refractivity contribution is 7.13. The lowest BCUT2D eigenvalue weighted by molar-refractivity contribution is -0.118. The number of rotatable bonds is 5. The molecule has 0 spiro atoms. The Bertz CT molecular complexity index is 886. The molecule has 26 heavy (non-hydrogen) atoms. The minimum absolute atomic E-state index is 0.0992. The molecule has 1 amide bonds. The molecule has 1 N–H and O–H groups in total. The number of amides is 1. The second kappa shape index (κ2) is 6.21. The fraction of sp³-hybridized carbons (Fsp3) is 0.333. The maximum atomic E-state index is 12.8. The van der Waals surface area contributed by atoms with Gasteiger partial charge in [0.25, 0.3) is 5.91 Å². The number of aromatic nitrogens is 2. The van der Waals surface area contributed by atoms with Crippen LogP contribution in [-0.4, -0.2) is 41.1 Å². The predicted octanol–water partition coefficient (Wildman–Crippen LogP) is 2.48. The van der Waals surface area contributed by atoms with Crippen LogP contribution in [0.2, 0.25) is 0 Å². The first kappa shape index (κ1) is 16.7. The zero-order chi connectivity index (χ0) is 18.4. The van der Waals surface area contributed by atoms with E-state index in [-0.39, 0.29) is 17.3 Å². The van der Waals surface area contributed by atoms with Crippen LogP contribution in [0.5, 0.6) is 0 Å². The Kier molecular flexibility index (Phi) is 3.99. The van der Waals surface area contributed by atoms with Crippen LogP contribution in [-0.2, 0) is 9.59 Å². The molecule has 0 radical (unpaired) electrons. The molecule has 0 bridgehead atoms. The van der Waals surface area contributed by atoms with Crippen LogP contribution in [0.4, 0.5) is 10.8 Å². The molecule has 4 rings (SSSR count). The number of anilines is 2. The number of benzene rings is 1. The van der Waals surface area contributed by atoms with Crippen molar-refractivity contribution in [3.05, 3.63) is 46.7 Å². The molecule has 1 aromatic carbocycles. The third kappa shape index (κ3) is 2.66. The summed E-state index contributed by atoms with van der Waals surface area (Å²) in [4.78, 5) is 28.9. The average Bonchev–Trinajstić information content (AvgIpc) is 3.29. The molecular formula is C18H18N4O3S. The largest absolute Gasteiger partial charge is 0.503 e. The van der Waals surface area contributed by atoms with Gasteiger partial charge >= 0.3 is 0 Å². The van der Waals surface area contributed by atoms with Gasteiger partial charge in [0.2, 0.25) is 5.13 Å². The van der Waals surface area contributed by atoms with Crippen molar-refractivity contribution in [3.8, 4) is 0 Å². The van der Waals surface area contributed by atoms with Gasteiger partial charge in [-0.05, 0) is 30.5 Å². The zero-order valence-corrected chi connectivity index (χ0v) is 15.2. The average molecular weight is 370 g/mol. The molecule has 1 saturated carbocycles. The van der Waals surface area contributed by atoms with Crippen LogP contribution >= 0.6 is 11.3 Å². The van der Waals surface area contributed by atoms with E-state index in [9.17, 15) is 14.7 Å². The summed E-state index contributed by atoms with van der Waals surface area (Å²) in [6.07, 6.45) is 1.60. The Hall–Kier alpha value is -2.74. The van der Waals surface area contributed by atoms with Gasteiger partial charge in [-0.25, -0.2) is 0 Å². The third-order valence-electron chi connectivity index (χ3n) is 4.70. The van der Waals surface area contributed by atoms with Gasteiger partial charge in [0.15, 0.2) is 11.5 Å². The number of nitrogens with zero attached hydrogens (tertiary/aromatic N) is 4. The second-order valence-corrected chi connectivity index (χ2v) is 7.50. The minimum atomic E-state index is -0.681. The SMILES string of the molecule is CN(C)c1ccc(C2C(C(=O)C3CC3)=C(O)C(=O)N2c2nncs2)cc1. The maximum Gasteiger partial charge on any atom is 0.296 e. The summed E-state index contributed by atoms with van der Waals surface area (Å²) >= 11 is 1.20. The predicted molar refractivity (Wildman–Crippen MR) is 98.3 cm³/mol. The number of aliphatic hydroxyl groups is 1. The van der Waals surface area contributed by atoms with E-state index in [1.54, 1.807) is 0 Å². The summed E-state index contributed by atoms with van der Waals surface area (Å²) in [5, 5.41) is 18.6. The second-order valence-electron chi connectivity index (χ2n) is 6.69. The number of hydrogen-bond donors (Lipinski definition) is 1. The number of carbonyl (C=O) groups excluding carboxylic acids is 2. The molecule has 8 heteroatoms.